The van der Waals surface area contributed by atoms with Crippen molar-refractivity contribution in [3.05, 3.63) is 35.4 Å². The molecule has 0 bridgehead atoms. The highest BCUT2D eigenvalue weighted by atomic mass is 16.6. The van der Waals surface area contributed by atoms with Gasteiger partial charge in [0, 0.05) is 37.7 Å². The van der Waals surface area contributed by atoms with E-state index in [-0.39, 0.29) is 11.8 Å². The molecule has 1 aromatic rings. The highest BCUT2D eigenvalue weighted by Crippen LogP contribution is 2.46. The lowest BCUT2D eigenvalue weighted by atomic mass is 9.67. The summed E-state index contributed by atoms with van der Waals surface area (Å²) in [6.07, 6.45) is 0.912. The Morgan fingerprint density at radius 2 is 1.69 bits per heavy atom. The number of hydrogen-bond donors (Lipinski definition) is 1. The molecule has 1 saturated heterocycles. The third-order valence-corrected chi connectivity index (χ3v) is 6.50. The van der Waals surface area contributed by atoms with Gasteiger partial charge in [-0.15, -0.1) is 0 Å². The maximum absolute atomic E-state index is 12.6. The van der Waals surface area contributed by atoms with Crippen LogP contribution in [0.2, 0.25) is 0 Å². The number of rotatable bonds is 6. The summed E-state index contributed by atoms with van der Waals surface area (Å²) in [4.78, 5) is 41.2. The summed E-state index contributed by atoms with van der Waals surface area (Å²) in [5, 5.41) is 10.2. The van der Waals surface area contributed by atoms with E-state index >= 15 is 0 Å². The maximum atomic E-state index is 12.6. The number of aliphatic carboxylic acids is 1. The first-order valence-electron chi connectivity index (χ1n) is 11.6. The van der Waals surface area contributed by atoms with E-state index in [0.29, 0.717) is 51.0 Å². The molecule has 1 heterocycles. The van der Waals surface area contributed by atoms with Crippen molar-refractivity contribution in [1.82, 2.24) is 9.80 Å². The zero-order chi connectivity index (χ0) is 24.1. The van der Waals surface area contributed by atoms with Crippen LogP contribution in [0.15, 0.2) is 24.3 Å². The Hall–Kier alpha value is -2.57. The highest BCUT2D eigenvalue weighted by Gasteiger charge is 2.47. The van der Waals surface area contributed by atoms with Gasteiger partial charge in [0.1, 0.15) is 5.60 Å². The fraction of sp³-hybridized carbons (Fsp3) is 0.640. The van der Waals surface area contributed by atoms with Crippen LogP contribution >= 0.6 is 0 Å². The fourth-order valence-corrected chi connectivity index (χ4v) is 4.56. The first-order chi connectivity index (χ1) is 15.0. The van der Waals surface area contributed by atoms with E-state index < -0.39 is 23.1 Å². The lowest BCUT2D eigenvalue weighted by Gasteiger charge is -2.35. The van der Waals surface area contributed by atoms with Gasteiger partial charge in [-0.3, -0.25) is 9.59 Å². The summed E-state index contributed by atoms with van der Waals surface area (Å²) in [5.41, 5.74) is -0.110. The molecule has 1 aromatic carbocycles. The molecule has 178 valence electrons. The lowest BCUT2D eigenvalue weighted by molar-refractivity contribution is -0.151. The van der Waals surface area contributed by atoms with Crippen molar-refractivity contribution in [3.63, 3.8) is 0 Å². The molecule has 0 saturated carbocycles. The molecule has 0 aromatic heterocycles. The van der Waals surface area contributed by atoms with Gasteiger partial charge in [-0.05, 0) is 71.6 Å². The zero-order valence-corrected chi connectivity index (χ0v) is 20.3. The molecule has 2 atom stereocenters. The number of carboxylic acids is 1. The van der Waals surface area contributed by atoms with Crippen molar-refractivity contribution in [2.75, 3.05) is 26.2 Å². The number of carboxylic acid groups (broad SMARTS) is 1. The smallest absolute Gasteiger partial charge is 0.410 e. The molecule has 0 spiro atoms. The van der Waals surface area contributed by atoms with Crippen LogP contribution < -0.4 is 0 Å². The van der Waals surface area contributed by atoms with Crippen molar-refractivity contribution in [2.45, 2.75) is 72.3 Å². The topological polar surface area (TPSA) is 87.2 Å². The second-order valence-electron chi connectivity index (χ2n) is 9.47. The average molecular weight is 447 g/mol. The number of nitrogens with zero attached hydrogens (tertiary/aromatic N) is 2. The number of benzene rings is 1. The van der Waals surface area contributed by atoms with E-state index in [9.17, 15) is 19.5 Å². The summed E-state index contributed by atoms with van der Waals surface area (Å²) in [7, 11) is 0. The standard InChI is InChI=1S/C25H38N2O5/c1-7-25(22(29)30)15-17-27(23(31)32-24(4,5)6)16-14-20(25)18-10-12-19(13-11-18)21(28)26(8-2)9-3/h10-13,20H,7-9,14-17H2,1-6H3,(H,29,30)/t20-,25-/m0/s1. The average Bonchev–Trinajstić information content (AvgIpc) is 2.94. The van der Waals surface area contributed by atoms with Crippen molar-refractivity contribution in [2.24, 2.45) is 5.41 Å². The van der Waals surface area contributed by atoms with Gasteiger partial charge in [0.2, 0.25) is 0 Å². The number of hydrogen-bond acceptors (Lipinski definition) is 4. The Balaban J connectivity index is 2.34. The van der Waals surface area contributed by atoms with Gasteiger partial charge >= 0.3 is 12.1 Å². The Morgan fingerprint density at radius 3 is 2.16 bits per heavy atom. The SMILES string of the molecule is CCN(CC)C(=O)c1ccc([C@@H]2CCN(C(=O)OC(C)(C)C)CC[C@]2(CC)C(=O)O)cc1. The first-order valence-corrected chi connectivity index (χ1v) is 11.6. The van der Waals surface area contributed by atoms with Gasteiger partial charge in [-0.25, -0.2) is 4.79 Å². The minimum absolute atomic E-state index is 0.0292. The van der Waals surface area contributed by atoms with Crippen LogP contribution in [0.3, 0.4) is 0 Å². The number of carbonyl (C=O) groups excluding carboxylic acids is 2. The van der Waals surface area contributed by atoms with E-state index in [4.69, 9.17) is 4.74 Å². The van der Waals surface area contributed by atoms with Crippen molar-refractivity contribution < 1.29 is 24.2 Å². The molecule has 0 unspecified atom stereocenters. The molecule has 32 heavy (non-hydrogen) atoms. The second kappa shape index (κ2) is 10.4. The molecule has 0 radical (unpaired) electrons. The van der Waals surface area contributed by atoms with E-state index in [2.05, 4.69) is 0 Å². The summed E-state index contributed by atoms with van der Waals surface area (Å²) in [5.74, 6) is -1.15. The molecule has 1 fully saturated rings. The van der Waals surface area contributed by atoms with Crippen LogP contribution in [0.4, 0.5) is 4.79 Å². The number of likely N-dealkylation sites (tertiary alicyclic amines) is 1. The van der Waals surface area contributed by atoms with Crippen LogP contribution in [0.25, 0.3) is 0 Å². The molecule has 2 rings (SSSR count). The van der Waals surface area contributed by atoms with Gasteiger partial charge < -0.3 is 19.6 Å². The Kier molecular flexibility index (Phi) is 8.32. The zero-order valence-electron chi connectivity index (χ0n) is 20.3. The predicted molar refractivity (Wildman–Crippen MR) is 124 cm³/mol. The molecular formula is C25H38N2O5. The predicted octanol–water partition coefficient (Wildman–Crippen LogP) is 4.76. The van der Waals surface area contributed by atoms with Crippen molar-refractivity contribution in [1.29, 1.82) is 0 Å². The molecule has 7 heteroatoms. The summed E-state index contributed by atoms with van der Waals surface area (Å²) >= 11 is 0. The van der Waals surface area contributed by atoms with E-state index in [1.54, 1.807) is 21.9 Å². The Bertz CT molecular complexity index is 811. The largest absolute Gasteiger partial charge is 0.481 e. The summed E-state index contributed by atoms with van der Waals surface area (Å²) < 4.78 is 5.52. The van der Waals surface area contributed by atoms with Crippen LogP contribution in [0.1, 0.15) is 82.6 Å². The lowest BCUT2D eigenvalue weighted by Crippen LogP contribution is -2.39. The van der Waals surface area contributed by atoms with Gasteiger partial charge in [0.05, 0.1) is 5.41 Å². The molecule has 0 aliphatic carbocycles. The third kappa shape index (κ3) is 5.61. The number of ether oxygens (including phenoxy) is 1. The highest BCUT2D eigenvalue weighted by molar-refractivity contribution is 5.94. The van der Waals surface area contributed by atoms with E-state index in [0.717, 1.165) is 5.56 Å². The van der Waals surface area contributed by atoms with E-state index in [1.165, 1.54) is 0 Å². The Labute approximate surface area is 191 Å². The summed E-state index contributed by atoms with van der Waals surface area (Å²) in [6.45, 7) is 13.3. The summed E-state index contributed by atoms with van der Waals surface area (Å²) in [6, 6.07) is 7.32. The van der Waals surface area contributed by atoms with Crippen molar-refractivity contribution in [3.8, 4) is 0 Å². The molecular weight excluding hydrogens is 408 g/mol. The minimum atomic E-state index is -0.985. The van der Waals surface area contributed by atoms with Crippen molar-refractivity contribution >= 4 is 18.0 Å². The van der Waals surface area contributed by atoms with Crippen LogP contribution in [-0.4, -0.2) is 64.7 Å². The van der Waals surface area contributed by atoms with Gasteiger partial charge in [0.15, 0.2) is 0 Å². The molecule has 2 amide bonds. The third-order valence-electron chi connectivity index (χ3n) is 6.50. The molecule has 1 N–H and O–H groups in total. The molecule has 7 nitrogen and oxygen atoms in total. The normalized spacial score (nSPS) is 21.6. The van der Waals surface area contributed by atoms with E-state index in [1.807, 2.05) is 53.7 Å². The van der Waals surface area contributed by atoms with Gasteiger partial charge in [-0.2, -0.15) is 0 Å². The number of carbonyl (C=O) groups is 3. The molecule has 1 aliphatic rings. The van der Waals surface area contributed by atoms with Crippen LogP contribution in [0.5, 0.6) is 0 Å². The van der Waals surface area contributed by atoms with Crippen LogP contribution in [0, 0.1) is 5.41 Å². The maximum Gasteiger partial charge on any atom is 0.410 e. The molecule has 1 aliphatic heterocycles. The minimum Gasteiger partial charge on any atom is -0.481 e. The van der Waals surface area contributed by atoms with Crippen LogP contribution in [-0.2, 0) is 9.53 Å². The first kappa shape index (κ1) is 25.7. The fourth-order valence-electron chi connectivity index (χ4n) is 4.56. The quantitative estimate of drug-likeness (QED) is 0.680. The second-order valence-corrected chi connectivity index (χ2v) is 9.47. The van der Waals surface area contributed by atoms with Gasteiger partial charge in [0.25, 0.3) is 5.91 Å². The monoisotopic (exact) mass is 446 g/mol. The number of amides is 2. The van der Waals surface area contributed by atoms with Gasteiger partial charge in [-0.1, -0.05) is 19.1 Å². The Morgan fingerprint density at radius 1 is 1.09 bits per heavy atom.